The molecule has 1 aromatic heterocycles. The molecule has 0 fully saturated rings. The molecule has 0 unspecified atom stereocenters. The van der Waals surface area contributed by atoms with Crippen LogP contribution in [0.25, 0.3) is 22.6 Å². The lowest BCUT2D eigenvalue weighted by molar-refractivity contribution is 0.0978. The number of anilines is 1. The molecule has 7 heteroatoms. The maximum Gasteiger partial charge on any atom is 0.258 e. The molecule has 0 bridgehead atoms. The second kappa shape index (κ2) is 8.49. The molecule has 0 aliphatic heterocycles. The number of amides is 1. The van der Waals surface area contributed by atoms with Crippen molar-refractivity contribution in [2.45, 2.75) is 20.8 Å². The van der Waals surface area contributed by atoms with Gasteiger partial charge in [-0.2, -0.15) is 0 Å². The van der Waals surface area contributed by atoms with E-state index in [1.807, 2.05) is 63.2 Å². The molecule has 0 radical (unpaired) electrons. The first kappa shape index (κ1) is 21.0. The van der Waals surface area contributed by atoms with Gasteiger partial charge in [0.25, 0.3) is 5.91 Å². The summed E-state index contributed by atoms with van der Waals surface area (Å²) in [6.45, 7) is 5.87. The molecule has 2 N–H and O–H groups in total. The second-order valence-electron chi connectivity index (χ2n) is 7.41. The monoisotopic (exact) mass is 449 g/mol. The van der Waals surface area contributed by atoms with E-state index in [1.54, 1.807) is 12.1 Å². The van der Waals surface area contributed by atoms with Crippen molar-refractivity contribution in [1.29, 1.82) is 0 Å². The highest BCUT2D eigenvalue weighted by atomic mass is 35.5. The van der Waals surface area contributed by atoms with Crippen LogP contribution in [-0.4, -0.2) is 16.0 Å². The smallest absolute Gasteiger partial charge is 0.258 e. The molecule has 4 aromatic rings. The number of aryl methyl sites for hydroxylation is 3. The van der Waals surface area contributed by atoms with E-state index >= 15 is 0 Å². The van der Waals surface area contributed by atoms with E-state index in [2.05, 4.69) is 15.6 Å². The van der Waals surface area contributed by atoms with Gasteiger partial charge in [0.1, 0.15) is 5.52 Å². The SMILES string of the molecule is Cc1ccc(C(=O)NC(=S)Nc2cc(-c3nc4ccc(C)cc4o3)ccc2C)c(Cl)c1. The van der Waals surface area contributed by atoms with Crippen molar-refractivity contribution in [2.75, 3.05) is 5.32 Å². The third-order valence-electron chi connectivity index (χ3n) is 4.87. The van der Waals surface area contributed by atoms with Gasteiger partial charge in [-0.25, -0.2) is 4.98 Å². The van der Waals surface area contributed by atoms with E-state index in [0.717, 1.165) is 39.0 Å². The summed E-state index contributed by atoms with van der Waals surface area (Å²) in [6.07, 6.45) is 0. The summed E-state index contributed by atoms with van der Waals surface area (Å²) in [5, 5.41) is 6.31. The molecule has 156 valence electrons. The minimum absolute atomic E-state index is 0.176. The third-order valence-corrected chi connectivity index (χ3v) is 5.39. The van der Waals surface area contributed by atoms with Crippen LogP contribution in [0.2, 0.25) is 5.02 Å². The molecular weight excluding hydrogens is 430 g/mol. The van der Waals surface area contributed by atoms with Crippen LogP contribution in [0.1, 0.15) is 27.0 Å². The highest BCUT2D eigenvalue weighted by molar-refractivity contribution is 7.80. The summed E-state index contributed by atoms with van der Waals surface area (Å²) in [7, 11) is 0. The van der Waals surface area contributed by atoms with Crippen LogP contribution in [0.3, 0.4) is 0 Å². The van der Waals surface area contributed by atoms with Crippen molar-refractivity contribution in [3.05, 3.63) is 81.9 Å². The molecule has 0 aliphatic rings. The molecule has 0 saturated carbocycles. The Morgan fingerprint density at radius 1 is 1.00 bits per heavy atom. The highest BCUT2D eigenvalue weighted by Gasteiger charge is 2.14. The Bertz CT molecular complexity index is 1330. The van der Waals surface area contributed by atoms with Crippen molar-refractivity contribution in [3.63, 3.8) is 0 Å². The standard InChI is InChI=1S/C24H20ClN3O2S/c1-13-4-8-17(18(25)10-13)22(29)28-24(31)27-20-12-16(7-6-15(20)3)23-26-19-9-5-14(2)11-21(19)30-23/h4-12H,1-3H3,(H2,27,28,29,31). The second-order valence-corrected chi connectivity index (χ2v) is 8.23. The van der Waals surface area contributed by atoms with Gasteiger partial charge in [-0.15, -0.1) is 0 Å². The molecule has 1 heterocycles. The number of halogens is 1. The molecule has 5 nitrogen and oxygen atoms in total. The first-order valence-corrected chi connectivity index (χ1v) is 10.5. The van der Waals surface area contributed by atoms with Gasteiger partial charge in [0, 0.05) is 11.3 Å². The van der Waals surface area contributed by atoms with Crippen LogP contribution in [0.15, 0.2) is 59.0 Å². The maximum atomic E-state index is 12.5. The molecule has 31 heavy (non-hydrogen) atoms. The van der Waals surface area contributed by atoms with E-state index in [9.17, 15) is 4.79 Å². The summed E-state index contributed by atoms with van der Waals surface area (Å²) in [4.78, 5) is 17.1. The van der Waals surface area contributed by atoms with Crippen molar-refractivity contribution in [2.24, 2.45) is 0 Å². The summed E-state index contributed by atoms with van der Waals surface area (Å²) in [5.41, 5.74) is 6.50. The normalized spacial score (nSPS) is 10.8. The third kappa shape index (κ3) is 4.60. The van der Waals surface area contributed by atoms with Gasteiger partial charge in [-0.05, 0) is 86.1 Å². The van der Waals surface area contributed by atoms with Gasteiger partial charge >= 0.3 is 0 Å². The molecule has 4 rings (SSSR count). The Morgan fingerprint density at radius 3 is 2.52 bits per heavy atom. The fraction of sp³-hybridized carbons (Fsp3) is 0.125. The largest absolute Gasteiger partial charge is 0.436 e. The number of benzene rings is 3. The number of carbonyl (C=O) groups excluding carboxylic acids is 1. The number of rotatable bonds is 3. The van der Waals surface area contributed by atoms with Crippen LogP contribution >= 0.6 is 23.8 Å². The Hall–Kier alpha value is -3.22. The van der Waals surface area contributed by atoms with Gasteiger partial charge < -0.3 is 9.73 Å². The number of nitrogens with zero attached hydrogens (tertiary/aromatic N) is 1. The van der Waals surface area contributed by atoms with Crippen LogP contribution in [0.5, 0.6) is 0 Å². The quantitative estimate of drug-likeness (QED) is 0.364. The van der Waals surface area contributed by atoms with Gasteiger partial charge in [-0.3, -0.25) is 10.1 Å². The zero-order valence-corrected chi connectivity index (χ0v) is 18.8. The lowest BCUT2D eigenvalue weighted by Gasteiger charge is -2.13. The fourth-order valence-corrected chi connectivity index (χ4v) is 3.70. The van der Waals surface area contributed by atoms with E-state index < -0.39 is 0 Å². The van der Waals surface area contributed by atoms with Crippen molar-refractivity contribution >= 4 is 51.6 Å². The Morgan fingerprint density at radius 2 is 1.74 bits per heavy atom. The number of carbonyl (C=O) groups is 1. The number of aromatic nitrogens is 1. The van der Waals surface area contributed by atoms with Gasteiger partial charge in [0.05, 0.1) is 10.6 Å². The number of nitrogens with one attached hydrogen (secondary N) is 2. The maximum absolute atomic E-state index is 12.5. The lowest BCUT2D eigenvalue weighted by Crippen LogP contribution is -2.34. The summed E-state index contributed by atoms with van der Waals surface area (Å²) < 4.78 is 5.92. The number of oxazole rings is 1. The first-order chi connectivity index (χ1) is 14.8. The minimum Gasteiger partial charge on any atom is -0.436 e. The average molecular weight is 450 g/mol. The van der Waals surface area contributed by atoms with E-state index in [-0.39, 0.29) is 11.0 Å². The number of thiocarbonyl (C=S) groups is 1. The van der Waals surface area contributed by atoms with Crippen LogP contribution < -0.4 is 10.6 Å². The Balaban J connectivity index is 1.54. The lowest BCUT2D eigenvalue weighted by atomic mass is 10.1. The van der Waals surface area contributed by atoms with Gasteiger partial charge in [-0.1, -0.05) is 29.8 Å². The molecular formula is C24H20ClN3O2S. The van der Waals surface area contributed by atoms with E-state index in [4.69, 9.17) is 28.2 Å². The van der Waals surface area contributed by atoms with Gasteiger partial charge in [0.15, 0.2) is 10.7 Å². The molecule has 0 aliphatic carbocycles. The van der Waals surface area contributed by atoms with Gasteiger partial charge in [0.2, 0.25) is 5.89 Å². The van der Waals surface area contributed by atoms with E-state index in [1.165, 1.54) is 0 Å². The zero-order valence-electron chi connectivity index (χ0n) is 17.2. The number of hydrogen-bond acceptors (Lipinski definition) is 4. The molecule has 0 spiro atoms. The number of hydrogen-bond donors (Lipinski definition) is 2. The summed E-state index contributed by atoms with van der Waals surface area (Å²) in [5.74, 6) is 0.149. The summed E-state index contributed by atoms with van der Waals surface area (Å²) >= 11 is 11.5. The van der Waals surface area contributed by atoms with Crippen LogP contribution in [-0.2, 0) is 0 Å². The fourth-order valence-electron chi connectivity index (χ4n) is 3.17. The highest BCUT2D eigenvalue weighted by Crippen LogP contribution is 2.28. The predicted molar refractivity (Wildman–Crippen MR) is 129 cm³/mol. The molecule has 1 amide bonds. The molecule has 3 aromatic carbocycles. The van der Waals surface area contributed by atoms with Crippen molar-refractivity contribution in [3.8, 4) is 11.5 Å². The number of fused-ring (bicyclic) bond motifs is 1. The topological polar surface area (TPSA) is 67.2 Å². The van der Waals surface area contributed by atoms with Crippen molar-refractivity contribution < 1.29 is 9.21 Å². The van der Waals surface area contributed by atoms with Crippen LogP contribution in [0.4, 0.5) is 5.69 Å². The van der Waals surface area contributed by atoms with E-state index in [0.29, 0.717) is 16.5 Å². The average Bonchev–Trinajstić information content (AvgIpc) is 3.12. The predicted octanol–water partition coefficient (Wildman–Crippen LogP) is 6.20. The first-order valence-electron chi connectivity index (χ1n) is 9.67. The molecule has 0 atom stereocenters. The Kier molecular flexibility index (Phi) is 5.76. The van der Waals surface area contributed by atoms with Crippen molar-refractivity contribution in [1.82, 2.24) is 10.3 Å². The summed E-state index contributed by atoms with van der Waals surface area (Å²) in [6, 6.07) is 16.9. The minimum atomic E-state index is -0.370. The molecule has 0 saturated heterocycles. The Labute approximate surface area is 190 Å². The van der Waals surface area contributed by atoms with Crippen LogP contribution in [0, 0.1) is 20.8 Å². The zero-order chi connectivity index (χ0) is 22.1.